The molecule has 0 saturated heterocycles. The number of fused-ring (bicyclic) bond motifs is 1. The summed E-state index contributed by atoms with van der Waals surface area (Å²) in [5, 5.41) is 19.8. The Hall–Kier alpha value is -2.99. The molecular formula is C21H30N8O. The molecule has 1 fully saturated rings. The summed E-state index contributed by atoms with van der Waals surface area (Å²) in [6.45, 7) is 4.45. The van der Waals surface area contributed by atoms with Crippen LogP contribution >= 0.6 is 0 Å². The average molecular weight is 411 g/mol. The number of nitrogens with zero attached hydrogens (tertiary/aromatic N) is 5. The summed E-state index contributed by atoms with van der Waals surface area (Å²) in [5.74, 6) is 1.22. The molecule has 9 heteroatoms. The first kappa shape index (κ1) is 21.7. The van der Waals surface area contributed by atoms with Crippen molar-refractivity contribution >= 4 is 28.6 Å². The molecule has 3 rings (SSSR count). The van der Waals surface area contributed by atoms with Gasteiger partial charge in [0.05, 0.1) is 6.54 Å². The maximum Gasteiger partial charge on any atom is 0.234 e. The number of amides is 1. The molecule has 0 aliphatic heterocycles. The first-order valence-electron chi connectivity index (χ1n) is 10.4. The zero-order valence-electron chi connectivity index (χ0n) is 18.1. The lowest BCUT2D eigenvalue weighted by molar-refractivity contribution is -0.122. The zero-order valence-corrected chi connectivity index (χ0v) is 18.1. The second-order valence-electron chi connectivity index (χ2n) is 8.40. The highest BCUT2D eigenvalue weighted by molar-refractivity contribution is 5.89. The molecule has 1 amide bonds. The smallest absolute Gasteiger partial charge is 0.234 e. The molecule has 1 saturated carbocycles. The minimum absolute atomic E-state index is 0.0729. The number of carbonyl (C=O) groups is 1. The lowest BCUT2D eigenvalue weighted by atomic mass is 9.91. The van der Waals surface area contributed by atoms with Crippen LogP contribution in [-0.2, 0) is 4.79 Å². The summed E-state index contributed by atoms with van der Waals surface area (Å²) in [7, 11) is 3.78. The Morgan fingerprint density at radius 3 is 2.57 bits per heavy atom. The van der Waals surface area contributed by atoms with Crippen molar-refractivity contribution < 1.29 is 4.79 Å². The maximum atomic E-state index is 12.0. The molecule has 1 aliphatic rings. The van der Waals surface area contributed by atoms with Gasteiger partial charge in [-0.05, 0) is 59.7 Å². The van der Waals surface area contributed by atoms with E-state index in [1.807, 2.05) is 32.8 Å². The van der Waals surface area contributed by atoms with Crippen LogP contribution in [0.15, 0.2) is 12.3 Å². The molecule has 0 aromatic carbocycles. The van der Waals surface area contributed by atoms with Gasteiger partial charge >= 0.3 is 0 Å². The van der Waals surface area contributed by atoms with Gasteiger partial charge in [0.15, 0.2) is 5.82 Å². The Balaban J connectivity index is 1.65. The molecule has 0 atom stereocenters. The summed E-state index contributed by atoms with van der Waals surface area (Å²) in [4.78, 5) is 27.3. The van der Waals surface area contributed by atoms with Gasteiger partial charge < -0.3 is 20.9 Å². The van der Waals surface area contributed by atoms with Crippen LogP contribution in [0.25, 0.3) is 10.9 Å². The van der Waals surface area contributed by atoms with Gasteiger partial charge in [-0.15, -0.1) is 0 Å². The topological polar surface area (TPSA) is 119 Å². The summed E-state index contributed by atoms with van der Waals surface area (Å²) >= 11 is 0. The van der Waals surface area contributed by atoms with Gasteiger partial charge in [-0.25, -0.2) is 15.0 Å². The van der Waals surface area contributed by atoms with E-state index in [2.05, 4.69) is 37.0 Å². The molecule has 9 nitrogen and oxygen atoms in total. The molecular weight excluding hydrogens is 380 g/mol. The Morgan fingerprint density at radius 1 is 1.23 bits per heavy atom. The van der Waals surface area contributed by atoms with Crippen LogP contribution in [0, 0.1) is 11.3 Å². The van der Waals surface area contributed by atoms with Crippen LogP contribution < -0.4 is 16.0 Å². The second-order valence-corrected chi connectivity index (χ2v) is 8.40. The van der Waals surface area contributed by atoms with Gasteiger partial charge in [-0.3, -0.25) is 4.79 Å². The minimum Gasteiger partial charge on any atom is -0.366 e. The quantitative estimate of drug-likeness (QED) is 0.635. The number of aromatic nitrogens is 3. The fraction of sp³-hybridized carbons (Fsp3) is 0.571. The van der Waals surface area contributed by atoms with Gasteiger partial charge in [-0.1, -0.05) is 0 Å². The summed E-state index contributed by atoms with van der Waals surface area (Å²) in [6, 6.07) is 4.44. The third-order valence-corrected chi connectivity index (χ3v) is 4.99. The van der Waals surface area contributed by atoms with Crippen LogP contribution in [0.4, 0.5) is 11.8 Å². The van der Waals surface area contributed by atoms with Crippen LogP contribution in [-0.4, -0.2) is 64.5 Å². The lowest BCUT2D eigenvalue weighted by Crippen LogP contribution is -2.43. The standard InChI is InChI=1S/C21H30N8O/c1-13(2)24-20-19-14(9-17(10-22)26-20)11-23-21(28-19)27-16-7-5-15(6-8-16)25-18(30)12-29(3)4/h9,11,13,15-16H,5-8,12H2,1-4H3,(H,24,26)(H,25,30)(H,23,27,28). The van der Waals surface area contributed by atoms with E-state index in [9.17, 15) is 10.1 Å². The average Bonchev–Trinajstić information content (AvgIpc) is 2.68. The van der Waals surface area contributed by atoms with Crippen LogP contribution in [0.5, 0.6) is 0 Å². The Labute approximate surface area is 177 Å². The number of hydrogen-bond acceptors (Lipinski definition) is 8. The van der Waals surface area contributed by atoms with Crippen molar-refractivity contribution in [1.29, 1.82) is 5.26 Å². The van der Waals surface area contributed by atoms with E-state index < -0.39 is 0 Å². The van der Waals surface area contributed by atoms with Crippen molar-refractivity contribution in [3.05, 3.63) is 18.0 Å². The predicted octanol–water partition coefficient (Wildman–Crippen LogP) is 2.12. The van der Waals surface area contributed by atoms with Crippen molar-refractivity contribution in [2.45, 2.75) is 57.7 Å². The molecule has 2 heterocycles. The van der Waals surface area contributed by atoms with Crippen molar-refractivity contribution in [1.82, 2.24) is 25.2 Å². The van der Waals surface area contributed by atoms with E-state index in [4.69, 9.17) is 0 Å². The van der Waals surface area contributed by atoms with Crippen molar-refractivity contribution in [3.8, 4) is 6.07 Å². The van der Waals surface area contributed by atoms with Crippen molar-refractivity contribution in [2.24, 2.45) is 0 Å². The van der Waals surface area contributed by atoms with Crippen molar-refractivity contribution in [2.75, 3.05) is 31.3 Å². The molecule has 0 spiro atoms. The number of hydrogen-bond donors (Lipinski definition) is 3. The Morgan fingerprint density at radius 2 is 1.93 bits per heavy atom. The van der Waals surface area contributed by atoms with Gasteiger partial charge in [0, 0.05) is 29.7 Å². The zero-order chi connectivity index (χ0) is 21.7. The molecule has 0 unspecified atom stereocenters. The number of carbonyl (C=O) groups excluding carboxylic acids is 1. The Kier molecular flexibility index (Phi) is 7.00. The van der Waals surface area contributed by atoms with E-state index in [1.165, 1.54) is 0 Å². The number of likely N-dealkylation sites (N-methyl/N-ethyl adjacent to an activating group) is 1. The minimum atomic E-state index is 0.0729. The highest BCUT2D eigenvalue weighted by Crippen LogP contribution is 2.25. The third-order valence-electron chi connectivity index (χ3n) is 4.99. The number of nitrogens with one attached hydrogen (secondary N) is 3. The highest BCUT2D eigenvalue weighted by atomic mass is 16.2. The third kappa shape index (κ3) is 5.76. The van der Waals surface area contributed by atoms with Crippen LogP contribution in [0.2, 0.25) is 0 Å². The normalized spacial score (nSPS) is 19.0. The maximum absolute atomic E-state index is 12.0. The molecule has 30 heavy (non-hydrogen) atoms. The van der Waals surface area contributed by atoms with Crippen LogP contribution in [0.3, 0.4) is 0 Å². The molecule has 2 aromatic rings. The van der Waals surface area contributed by atoms with E-state index in [0.717, 1.165) is 31.1 Å². The van der Waals surface area contributed by atoms with E-state index in [0.29, 0.717) is 29.5 Å². The largest absolute Gasteiger partial charge is 0.366 e. The van der Waals surface area contributed by atoms with E-state index in [1.54, 1.807) is 12.3 Å². The monoisotopic (exact) mass is 410 g/mol. The number of anilines is 2. The van der Waals surface area contributed by atoms with E-state index >= 15 is 0 Å². The number of nitriles is 1. The molecule has 3 N–H and O–H groups in total. The van der Waals surface area contributed by atoms with Gasteiger partial charge in [0.2, 0.25) is 11.9 Å². The predicted molar refractivity (Wildman–Crippen MR) is 117 cm³/mol. The SMILES string of the molecule is CC(C)Nc1nc(C#N)cc2cnc(NC3CCC(NC(=O)CN(C)C)CC3)nc12. The summed E-state index contributed by atoms with van der Waals surface area (Å²) < 4.78 is 0. The summed E-state index contributed by atoms with van der Waals surface area (Å²) in [5.41, 5.74) is 1.04. The van der Waals surface area contributed by atoms with Gasteiger partial charge in [0.1, 0.15) is 17.3 Å². The first-order valence-corrected chi connectivity index (χ1v) is 10.4. The molecule has 160 valence electrons. The molecule has 0 radical (unpaired) electrons. The molecule has 0 bridgehead atoms. The van der Waals surface area contributed by atoms with Gasteiger partial charge in [-0.2, -0.15) is 5.26 Å². The lowest BCUT2D eigenvalue weighted by Gasteiger charge is -2.30. The fourth-order valence-electron chi connectivity index (χ4n) is 3.67. The highest BCUT2D eigenvalue weighted by Gasteiger charge is 2.23. The fourth-order valence-corrected chi connectivity index (χ4v) is 3.67. The van der Waals surface area contributed by atoms with Crippen LogP contribution in [0.1, 0.15) is 45.2 Å². The molecule has 1 aliphatic carbocycles. The number of pyridine rings is 1. The molecule has 2 aromatic heterocycles. The first-order chi connectivity index (χ1) is 14.3. The second kappa shape index (κ2) is 9.67. The summed E-state index contributed by atoms with van der Waals surface area (Å²) in [6.07, 6.45) is 5.47. The van der Waals surface area contributed by atoms with Crippen molar-refractivity contribution in [3.63, 3.8) is 0 Å². The van der Waals surface area contributed by atoms with Gasteiger partial charge in [0.25, 0.3) is 0 Å². The Bertz CT molecular complexity index is 928. The van der Waals surface area contributed by atoms with E-state index in [-0.39, 0.29) is 24.0 Å². The number of rotatable bonds is 7.